The van der Waals surface area contributed by atoms with Crippen LogP contribution in [0.3, 0.4) is 0 Å². The number of ether oxygens (including phenoxy) is 2. The van der Waals surface area contributed by atoms with Crippen LogP contribution in [0, 0.1) is 6.92 Å². The predicted octanol–water partition coefficient (Wildman–Crippen LogP) is 1.01. The number of nitrogens with zero attached hydrogens (tertiary/aromatic N) is 1. The third-order valence-corrected chi connectivity index (χ3v) is 2.69. The van der Waals surface area contributed by atoms with Crippen molar-refractivity contribution in [3.63, 3.8) is 0 Å². The average molecular weight is 296 g/mol. The molecule has 1 fully saturated rings. The van der Waals surface area contributed by atoms with Crippen LogP contribution < -0.4 is 10.6 Å². The number of hydrogen-bond donors (Lipinski definition) is 1. The van der Waals surface area contributed by atoms with E-state index < -0.39 is 0 Å². The number of aldehydes is 1. The fraction of sp³-hybridized carbons (Fsp3) is 0.467. The molecule has 21 heavy (non-hydrogen) atoms. The van der Waals surface area contributed by atoms with Gasteiger partial charge in [-0.15, -0.1) is 0 Å². The Kier molecular flexibility index (Phi) is 10.8. The van der Waals surface area contributed by atoms with Crippen LogP contribution in [-0.4, -0.2) is 53.2 Å². The second-order valence-corrected chi connectivity index (χ2v) is 4.15. The van der Waals surface area contributed by atoms with E-state index in [0.717, 1.165) is 49.4 Å². The van der Waals surface area contributed by atoms with Crippen molar-refractivity contribution in [1.82, 2.24) is 0 Å². The highest BCUT2D eigenvalue weighted by Gasteiger charge is 2.11. The summed E-state index contributed by atoms with van der Waals surface area (Å²) >= 11 is 0. The van der Waals surface area contributed by atoms with Gasteiger partial charge in [0.05, 0.1) is 20.3 Å². The Hall–Kier alpha value is -1.92. The summed E-state index contributed by atoms with van der Waals surface area (Å²) in [4.78, 5) is 22.0. The fourth-order valence-electron chi connectivity index (χ4n) is 1.86. The summed E-state index contributed by atoms with van der Waals surface area (Å²) in [6, 6.07) is 5.95. The van der Waals surface area contributed by atoms with Crippen molar-refractivity contribution in [1.29, 1.82) is 0 Å². The van der Waals surface area contributed by atoms with Crippen LogP contribution in [0.15, 0.2) is 18.2 Å². The van der Waals surface area contributed by atoms with Crippen molar-refractivity contribution in [2.75, 3.05) is 45.4 Å². The third kappa shape index (κ3) is 7.43. The Morgan fingerprint density at radius 3 is 2.24 bits per heavy atom. The molecule has 0 radical (unpaired) electrons. The molecule has 118 valence electrons. The highest BCUT2D eigenvalue weighted by Crippen LogP contribution is 2.19. The van der Waals surface area contributed by atoms with E-state index >= 15 is 0 Å². The van der Waals surface area contributed by atoms with E-state index in [1.807, 2.05) is 19.1 Å². The van der Waals surface area contributed by atoms with Gasteiger partial charge in [0.15, 0.2) is 0 Å². The molecule has 6 heteroatoms. The van der Waals surface area contributed by atoms with Gasteiger partial charge in [-0.05, 0) is 37.7 Å². The quantitative estimate of drug-likeness (QED) is 0.838. The van der Waals surface area contributed by atoms with Crippen molar-refractivity contribution >= 4 is 18.4 Å². The van der Waals surface area contributed by atoms with Crippen LogP contribution in [-0.2, 0) is 14.3 Å². The number of anilines is 1. The highest BCUT2D eigenvalue weighted by molar-refractivity contribution is 5.77. The molecule has 0 amide bonds. The van der Waals surface area contributed by atoms with Crippen molar-refractivity contribution in [2.45, 2.75) is 6.92 Å². The van der Waals surface area contributed by atoms with Crippen molar-refractivity contribution in [2.24, 2.45) is 5.73 Å². The van der Waals surface area contributed by atoms with Gasteiger partial charge in [-0.25, -0.2) is 0 Å². The van der Waals surface area contributed by atoms with Crippen LogP contribution in [0.5, 0.6) is 0 Å². The number of methoxy groups -OCH3 is 1. The number of carbonyl (C=O) groups is 2. The molecular formula is C15H24N2O4. The van der Waals surface area contributed by atoms with E-state index in [2.05, 4.69) is 21.4 Å². The standard InChI is InChI=1S/C12H15NO2.C2H4O2.CH5N/c1-10-6-11(9-14)8-12(7-10)13-2-4-15-5-3-13;1-4-2-3;1-2/h6-9H,2-5H2,1H3;2H,1H3;2H2,1H3. The van der Waals surface area contributed by atoms with E-state index in [-0.39, 0.29) is 0 Å². The first-order chi connectivity index (χ1) is 10.2. The molecule has 6 nitrogen and oxygen atoms in total. The van der Waals surface area contributed by atoms with Crippen molar-refractivity contribution in [3.05, 3.63) is 29.3 Å². The molecule has 1 aliphatic heterocycles. The lowest BCUT2D eigenvalue weighted by atomic mass is 10.1. The minimum atomic E-state index is 0.375. The van der Waals surface area contributed by atoms with Gasteiger partial charge in [0.1, 0.15) is 6.29 Å². The zero-order chi connectivity index (χ0) is 16.1. The first kappa shape index (κ1) is 19.1. The molecule has 1 aromatic carbocycles. The minimum absolute atomic E-state index is 0.375. The third-order valence-electron chi connectivity index (χ3n) is 2.69. The Balaban J connectivity index is 0.000000579. The molecular weight excluding hydrogens is 272 g/mol. The summed E-state index contributed by atoms with van der Waals surface area (Å²) in [5.74, 6) is 0. The molecule has 2 rings (SSSR count). The summed E-state index contributed by atoms with van der Waals surface area (Å²) in [6.07, 6.45) is 0.900. The Bertz CT molecular complexity index is 418. The van der Waals surface area contributed by atoms with E-state index in [4.69, 9.17) is 9.53 Å². The molecule has 0 aromatic heterocycles. The van der Waals surface area contributed by atoms with E-state index in [9.17, 15) is 4.79 Å². The molecule has 1 heterocycles. The van der Waals surface area contributed by atoms with Crippen LogP contribution in [0.4, 0.5) is 5.69 Å². The summed E-state index contributed by atoms with van der Waals surface area (Å²) in [5, 5.41) is 0. The molecule has 1 saturated heterocycles. The summed E-state index contributed by atoms with van der Waals surface area (Å²) in [6.45, 7) is 5.73. The zero-order valence-corrected chi connectivity index (χ0v) is 12.9. The lowest BCUT2D eigenvalue weighted by molar-refractivity contribution is -0.126. The van der Waals surface area contributed by atoms with E-state index in [0.29, 0.717) is 6.47 Å². The lowest BCUT2D eigenvalue weighted by Gasteiger charge is -2.29. The molecule has 2 N–H and O–H groups in total. The van der Waals surface area contributed by atoms with Crippen LogP contribution >= 0.6 is 0 Å². The zero-order valence-electron chi connectivity index (χ0n) is 12.9. The number of rotatable bonds is 3. The van der Waals surface area contributed by atoms with Crippen molar-refractivity contribution in [3.8, 4) is 0 Å². The largest absolute Gasteiger partial charge is 0.471 e. The SMILES string of the molecule is CN.COC=O.Cc1cc(C=O)cc(N2CCOCC2)c1. The lowest BCUT2D eigenvalue weighted by Crippen LogP contribution is -2.36. The predicted molar refractivity (Wildman–Crippen MR) is 82.8 cm³/mol. The fourth-order valence-corrected chi connectivity index (χ4v) is 1.86. The maximum Gasteiger partial charge on any atom is 0.292 e. The van der Waals surface area contributed by atoms with Crippen LogP contribution in [0.2, 0.25) is 0 Å². The number of morpholine rings is 1. The summed E-state index contributed by atoms with van der Waals surface area (Å²) in [5.41, 5.74) is 7.50. The molecule has 0 unspecified atom stereocenters. The monoisotopic (exact) mass is 296 g/mol. The molecule has 1 aromatic rings. The Labute approximate surface area is 125 Å². The molecule has 0 atom stereocenters. The maximum atomic E-state index is 10.8. The normalized spacial score (nSPS) is 13.0. The molecule has 0 spiro atoms. The van der Waals surface area contributed by atoms with E-state index in [1.54, 1.807) is 0 Å². The van der Waals surface area contributed by atoms with Crippen LogP contribution in [0.25, 0.3) is 0 Å². The molecule has 0 bridgehead atoms. The molecule has 0 saturated carbocycles. The highest BCUT2D eigenvalue weighted by atomic mass is 16.5. The smallest absolute Gasteiger partial charge is 0.292 e. The van der Waals surface area contributed by atoms with Gasteiger partial charge in [-0.1, -0.05) is 0 Å². The second-order valence-electron chi connectivity index (χ2n) is 4.15. The first-order valence-corrected chi connectivity index (χ1v) is 6.65. The van der Waals surface area contributed by atoms with Gasteiger partial charge in [0.25, 0.3) is 6.47 Å². The Morgan fingerprint density at radius 2 is 1.76 bits per heavy atom. The average Bonchev–Trinajstić information content (AvgIpc) is 2.57. The van der Waals surface area contributed by atoms with E-state index in [1.165, 1.54) is 14.2 Å². The van der Waals surface area contributed by atoms with Gasteiger partial charge in [-0.2, -0.15) is 0 Å². The van der Waals surface area contributed by atoms with Gasteiger partial charge >= 0.3 is 0 Å². The number of hydrogen-bond acceptors (Lipinski definition) is 6. The van der Waals surface area contributed by atoms with Gasteiger partial charge in [-0.3, -0.25) is 9.59 Å². The summed E-state index contributed by atoms with van der Waals surface area (Å²) < 4.78 is 9.16. The maximum absolute atomic E-state index is 10.8. The number of nitrogens with two attached hydrogens (primary N) is 1. The second kappa shape index (κ2) is 11.9. The van der Waals surface area contributed by atoms with Crippen LogP contribution in [0.1, 0.15) is 15.9 Å². The van der Waals surface area contributed by atoms with Gasteiger partial charge < -0.3 is 20.1 Å². The number of aryl methyl sites for hydroxylation is 1. The first-order valence-electron chi connectivity index (χ1n) is 6.65. The topological polar surface area (TPSA) is 81.9 Å². The molecule has 1 aliphatic rings. The Morgan fingerprint density at radius 1 is 1.19 bits per heavy atom. The number of benzene rings is 1. The number of carbonyl (C=O) groups excluding carboxylic acids is 2. The van der Waals surface area contributed by atoms with Gasteiger partial charge in [0, 0.05) is 24.3 Å². The van der Waals surface area contributed by atoms with Gasteiger partial charge in [0.2, 0.25) is 0 Å². The van der Waals surface area contributed by atoms with Crippen molar-refractivity contribution < 1.29 is 19.1 Å². The summed E-state index contributed by atoms with van der Waals surface area (Å²) in [7, 11) is 2.81. The minimum Gasteiger partial charge on any atom is -0.471 e. The molecule has 0 aliphatic carbocycles.